The molecule has 1 saturated carbocycles. The van der Waals surface area contributed by atoms with Crippen LogP contribution < -0.4 is 10.3 Å². The largest absolute Gasteiger partial charge is 0.497 e. The molecule has 34 heavy (non-hydrogen) atoms. The summed E-state index contributed by atoms with van der Waals surface area (Å²) >= 11 is 0. The number of carbonyl (C=O) groups is 1. The molecule has 0 amide bonds. The minimum Gasteiger partial charge on any atom is -0.497 e. The van der Waals surface area contributed by atoms with Crippen LogP contribution in [0.15, 0.2) is 65.5 Å². The van der Waals surface area contributed by atoms with Crippen LogP contribution in [0.1, 0.15) is 25.7 Å². The number of nitrogens with zero attached hydrogens (tertiary/aromatic N) is 2. The summed E-state index contributed by atoms with van der Waals surface area (Å²) in [7, 11) is 1.63. The molecule has 1 N–H and O–H groups in total. The molecule has 2 aromatic carbocycles. The van der Waals surface area contributed by atoms with E-state index in [4.69, 9.17) is 19.7 Å². The van der Waals surface area contributed by atoms with Crippen molar-refractivity contribution < 1.29 is 19.4 Å². The normalized spacial score (nSPS) is 17.9. The molecule has 7 nitrogen and oxygen atoms in total. The molecule has 0 radical (unpaired) electrons. The molecule has 1 heterocycles. The molecular weight excluding hydrogens is 432 g/mol. The molecule has 1 fully saturated rings. The highest BCUT2D eigenvalue weighted by atomic mass is 16.5. The fourth-order valence-corrected chi connectivity index (χ4v) is 4.56. The van der Waals surface area contributed by atoms with E-state index < -0.39 is 5.97 Å². The Morgan fingerprint density at radius 2 is 1.68 bits per heavy atom. The Labute approximate surface area is 199 Å². The molecule has 0 aliphatic heterocycles. The molecule has 0 saturated heterocycles. The highest BCUT2D eigenvalue weighted by Gasteiger charge is 2.23. The van der Waals surface area contributed by atoms with E-state index >= 15 is 0 Å². The molecule has 0 bridgehead atoms. The summed E-state index contributed by atoms with van der Waals surface area (Å²) in [5.74, 6) is 0.552. The lowest BCUT2D eigenvalue weighted by Crippen LogP contribution is -2.29. The zero-order valence-electron chi connectivity index (χ0n) is 19.4. The summed E-state index contributed by atoms with van der Waals surface area (Å²) in [6, 6.07) is 19.3. The first-order valence-corrected chi connectivity index (χ1v) is 11.6. The summed E-state index contributed by atoms with van der Waals surface area (Å²) in [5, 5.41) is 13.6. The van der Waals surface area contributed by atoms with Gasteiger partial charge in [0, 0.05) is 23.7 Å². The molecule has 1 aromatic heterocycles. The Morgan fingerprint density at radius 3 is 2.32 bits per heavy atom. The van der Waals surface area contributed by atoms with E-state index in [-0.39, 0.29) is 12.2 Å². The number of ether oxygens (including phenoxy) is 2. The van der Waals surface area contributed by atoms with Gasteiger partial charge in [-0.25, -0.2) is 9.48 Å². The number of carboxylic acid groups (broad SMARTS) is 1. The predicted molar refractivity (Wildman–Crippen MR) is 130 cm³/mol. The smallest absolute Gasteiger partial charge is 0.329 e. The Kier molecular flexibility index (Phi) is 7.75. The van der Waals surface area contributed by atoms with E-state index in [1.54, 1.807) is 17.9 Å². The van der Waals surface area contributed by atoms with Gasteiger partial charge >= 0.3 is 5.97 Å². The highest BCUT2D eigenvalue weighted by molar-refractivity contribution is 5.80. The standard InChI is InChI=1S/C27H30N2O5/c1-33-23-13-11-21(12-14-23)24-15-25(30)29(28-27(24)22-5-3-2-4-6-22)16-19-7-9-20(10-8-19)17-34-18-26(31)32/h2-6,11-15,19-20H,7-10,16-18H2,1H3,(H,31,32). The number of methoxy groups -OCH3 is 1. The molecule has 3 aromatic rings. The Balaban J connectivity index is 1.54. The molecule has 1 aliphatic carbocycles. The van der Waals surface area contributed by atoms with Crippen LogP contribution in [0.5, 0.6) is 5.75 Å². The van der Waals surface area contributed by atoms with Crippen LogP contribution >= 0.6 is 0 Å². The van der Waals surface area contributed by atoms with Gasteiger partial charge in [0.1, 0.15) is 12.4 Å². The molecule has 0 spiro atoms. The van der Waals surface area contributed by atoms with Crippen LogP contribution in [0.2, 0.25) is 0 Å². The maximum atomic E-state index is 13.1. The van der Waals surface area contributed by atoms with Gasteiger partial charge < -0.3 is 14.6 Å². The zero-order valence-corrected chi connectivity index (χ0v) is 19.4. The molecule has 7 heteroatoms. The van der Waals surface area contributed by atoms with Gasteiger partial charge in [-0.3, -0.25) is 4.79 Å². The fraction of sp³-hybridized carbons (Fsp3) is 0.370. The lowest BCUT2D eigenvalue weighted by molar-refractivity contribution is -0.142. The van der Waals surface area contributed by atoms with Gasteiger partial charge in [-0.05, 0) is 55.2 Å². The van der Waals surface area contributed by atoms with Crippen LogP contribution in [0, 0.1) is 11.8 Å². The summed E-state index contributed by atoms with van der Waals surface area (Å²) in [5.41, 5.74) is 3.34. The molecule has 4 rings (SSSR count). The van der Waals surface area contributed by atoms with Gasteiger partial charge in [0.2, 0.25) is 0 Å². The van der Waals surface area contributed by atoms with E-state index in [0.717, 1.165) is 53.8 Å². The SMILES string of the molecule is COc1ccc(-c2cc(=O)n(CC3CCC(COCC(=O)O)CC3)nc2-c2ccccc2)cc1. The first-order chi connectivity index (χ1) is 16.5. The third kappa shape index (κ3) is 5.91. The average molecular weight is 463 g/mol. The number of benzene rings is 2. The summed E-state index contributed by atoms with van der Waals surface area (Å²) in [4.78, 5) is 23.7. The Hall–Kier alpha value is -3.45. The Morgan fingerprint density at radius 1 is 1.00 bits per heavy atom. The van der Waals surface area contributed by atoms with Gasteiger partial charge in [0.05, 0.1) is 19.4 Å². The number of aliphatic carboxylic acids is 1. The van der Waals surface area contributed by atoms with Crippen LogP contribution in [-0.4, -0.2) is 41.2 Å². The first kappa shape index (κ1) is 23.7. The van der Waals surface area contributed by atoms with Crippen molar-refractivity contribution in [2.45, 2.75) is 32.2 Å². The molecular formula is C27H30N2O5. The monoisotopic (exact) mass is 462 g/mol. The number of hydrogen-bond donors (Lipinski definition) is 1. The van der Waals surface area contributed by atoms with E-state index in [0.29, 0.717) is 25.0 Å². The maximum Gasteiger partial charge on any atom is 0.329 e. The van der Waals surface area contributed by atoms with Crippen molar-refractivity contribution in [1.29, 1.82) is 0 Å². The fourth-order valence-electron chi connectivity index (χ4n) is 4.56. The minimum absolute atomic E-state index is 0.114. The summed E-state index contributed by atoms with van der Waals surface area (Å²) in [6.07, 6.45) is 3.87. The van der Waals surface area contributed by atoms with E-state index in [1.165, 1.54) is 0 Å². The second kappa shape index (κ2) is 11.1. The third-order valence-corrected chi connectivity index (χ3v) is 6.42. The van der Waals surface area contributed by atoms with E-state index in [2.05, 4.69) is 0 Å². The van der Waals surface area contributed by atoms with Gasteiger partial charge in [0.15, 0.2) is 0 Å². The number of hydrogen-bond acceptors (Lipinski definition) is 5. The van der Waals surface area contributed by atoms with Crippen molar-refractivity contribution in [3.63, 3.8) is 0 Å². The van der Waals surface area contributed by atoms with Gasteiger partial charge in [0.25, 0.3) is 5.56 Å². The average Bonchev–Trinajstić information content (AvgIpc) is 2.86. The van der Waals surface area contributed by atoms with Crippen molar-refractivity contribution in [3.8, 4) is 28.1 Å². The first-order valence-electron chi connectivity index (χ1n) is 11.6. The van der Waals surface area contributed by atoms with Crippen molar-refractivity contribution in [2.75, 3.05) is 20.3 Å². The second-order valence-electron chi connectivity index (χ2n) is 8.82. The number of rotatable bonds is 9. The lowest BCUT2D eigenvalue weighted by atomic mass is 9.82. The molecule has 1 aliphatic rings. The Bertz CT molecular complexity index is 1150. The maximum absolute atomic E-state index is 13.1. The molecule has 178 valence electrons. The zero-order chi connectivity index (χ0) is 23.9. The minimum atomic E-state index is -0.938. The van der Waals surface area contributed by atoms with Crippen molar-refractivity contribution in [3.05, 3.63) is 71.0 Å². The topological polar surface area (TPSA) is 90.7 Å². The third-order valence-electron chi connectivity index (χ3n) is 6.42. The predicted octanol–water partition coefficient (Wildman–Crippen LogP) is 4.49. The van der Waals surface area contributed by atoms with Gasteiger partial charge in [-0.15, -0.1) is 0 Å². The summed E-state index contributed by atoms with van der Waals surface area (Å²) in [6.45, 7) is 0.804. The van der Waals surface area contributed by atoms with Gasteiger partial charge in [-0.1, -0.05) is 42.5 Å². The summed E-state index contributed by atoms with van der Waals surface area (Å²) < 4.78 is 12.1. The van der Waals surface area contributed by atoms with Crippen LogP contribution in [0.4, 0.5) is 0 Å². The number of carboxylic acids is 1. The van der Waals surface area contributed by atoms with Crippen molar-refractivity contribution >= 4 is 5.97 Å². The molecule has 0 atom stereocenters. The van der Waals surface area contributed by atoms with Crippen LogP contribution in [-0.2, 0) is 16.1 Å². The van der Waals surface area contributed by atoms with Crippen LogP contribution in [0.3, 0.4) is 0 Å². The van der Waals surface area contributed by atoms with Gasteiger partial charge in [-0.2, -0.15) is 5.10 Å². The van der Waals surface area contributed by atoms with Crippen LogP contribution in [0.25, 0.3) is 22.4 Å². The van der Waals surface area contributed by atoms with E-state index in [9.17, 15) is 9.59 Å². The van der Waals surface area contributed by atoms with Crippen molar-refractivity contribution in [1.82, 2.24) is 9.78 Å². The molecule has 0 unspecified atom stereocenters. The second-order valence-corrected chi connectivity index (χ2v) is 8.82. The highest BCUT2D eigenvalue weighted by Crippen LogP contribution is 2.32. The number of aromatic nitrogens is 2. The van der Waals surface area contributed by atoms with Crippen molar-refractivity contribution in [2.24, 2.45) is 11.8 Å². The van der Waals surface area contributed by atoms with E-state index in [1.807, 2.05) is 54.6 Å². The quantitative estimate of drug-likeness (QED) is 0.504. The lowest BCUT2D eigenvalue weighted by Gasteiger charge is -2.28.